The molecule has 2 N–H and O–H groups in total. The Morgan fingerprint density at radius 3 is 2.81 bits per heavy atom. The average Bonchev–Trinajstić information content (AvgIpc) is 2.19. The lowest BCUT2D eigenvalue weighted by Crippen LogP contribution is -2.53. The van der Waals surface area contributed by atoms with E-state index in [1.54, 1.807) is 0 Å². The topological polar surface area (TPSA) is 38.5 Å². The molecule has 1 heterocycles. The molecule has 0 aromatic heterocycles. The van der Waals surface area contributed by atoms with E-state index >= 15 is 0 Å². The Morgan fingerprint density at radius 2 is 2.19 bits per heavy atom. The summed E-state index contributed by atoms with van der Waals surface area (Å²) in [6, 6.07) is 5.63. The first kappa shape index (κ1) is 11.6. The van der Waals surface area contributed by atoms with Gasteiger partial charge in [0.1, 0.15) is 0 Å². The fourth-order valence-corrected chi connectivity index (χ4v) is 2.37. The largest absolute Gasteiger partial charge is 0.397 e. The quantitative estimate of drug-likeness (QED) is 0.767. The summed E-state index contributed by atoms with van der Waals surface area (Å²) < 4.78 is 5.49. The Morgan fingerprint density at radius 1 is 1.44 bits per heavy atom. The van der Waals surface area contributed by atoms with Crippen LogP contribution in [0.25, 0.3) is 0 Å². The molecule has 0 spiro atoms. The zero-order valence-corrected chi connectivity index (χ0v) is 10.4. The minimum Gasteiger partial charge on any atom is -0.397 e. The Balaban J connectivity index is 2.42. The van der Waals surface area contributed by atoms with Gasteiger partial charge in [0.2, 0.25) is 0 Å². The third-order valence-corrected chi connectivity index (χ3v) is 3.24. The third-order valence-electron chi connectivity index (χ3n) is 2.93. The summed E-state index contributed by atoms with van der Waals surface area (Å²) in [4.78, 5) is 2.23. The number of benzene rings is 1. The number of hydrogen-bond donors (Lipinski definition) is 1. The van der Waals surface area contributed by atoms with Crippen molar-refractivity contribution in [1.29, 1.82) is 0 Å². The van der Waals surface area contributed by atoms with Crippen LogP contribution in [0.15, 0.2) is 18.2 Å². The molecule has 1 aromatic carbocycles. The van der Waals surface area contributed by atoms with Crippen LogP contribution in [0.5, 0.6) is 0 Å². The molecule has 0 unspecified atom stereocenters. The average molecular weight is 241 g/mol. The first-order valence-corrected chi connectivity index (χ1v) is 5.79. The fraction of sp³-hybridized carbons (Fsp3) is 0.500. The molecule has 1 fully saturated rings. The van der Waals surface area contributed by atoms with Crippen molar-refractivity contribution in [2.24, 2.45) is 0 Å². The second kappa shape index (κ2) is 4.15. The van der Waals surface area contributed by atoms with Crippen LogP contribution in [0.4, 0.5) is 11.4 Å². The van der Waals surface area contributed by atoms with E-state index in [0.717, 1.165) is 17.9 Å². The number of ether oxygens (including phenoxy) is 1. The van der Waals surface area contributed by atoms with Crippen molar-refractivity contribution in [1.82, 2.24) is 0 Å². The van der Waals surface area contributed by atoms with Gasteiger partial charge in [0.05, 0.1) is 35.2 Å². The van der Waals surface area contributed by atoms with Crippen LogP contribution in [0.3, 0.4) is 0 Å². The second-order valence-corrected chi connectivity index (χ2v) is 5.10. The van der Waals surface area contributed by atoms with Gasteiger partial charge in [-0.3, -0.25) is 0 Å². The first-order valence-electron chi connectivity index (χ1n) is 5.42. The number of para-hydroxylation sites is 1. The summed E-state index contributed by atoms with van der Waals surface area (Å²) in [5.74, 6) is 0. The van der Waals surface area contributed by atoms with Crippen LogP contribution < -0.4 is 10.6 Å². The maximum absolute atomic E-state index is 6.23. The van der Waals surface area contributed by atoms with Gasteiger partial charge in [-0.2, -0.15) is 0 Å². The van der Waals surface area contributed by atoms with Crippen molar-refractivity contribution in [2.75, 3.05) is 30.4 Å². The molecule has 0 amide bonds. The van der Waals surface area contributed by atoms with Crippen molar-refractivity contribution in [3.8, 4) is 0 Å². The zero-order valence-electron chi connectivity index (χ0n) is 9.66. The highest BCUT2D eigenvalue weighted by Gasteiger charge is 2.32. The summed E-state index contributed by atoms with van der Waals surface area (Å²) >= 11 is 6.23. The molecule has 0 bridgehead atoms. The number of anilines is 2. The highest BCUT2D eigenvalue weighted by molar-refractivity contribution is 6.34. The van der Waals surface area contributed by atoms with Crippen LogP contribution in [0.1, 0.15) is 13.8 Å². The summed E-state index contributed by atoms with van der Waals surface area (Å²) in [6.45, 7) is 6.50. The zero-order chi connectivity index (χ0) is 11.8. The number of hydrogen-bond acceptors (Lipinski definition) is 3. The fourth-order valence-electron chi connectivity index (χ4n) is 2.09. The van der Waals surface area contributed by atoms with Gasteiger partial charge in [0.25, 0.3) is 0 Å². The number of nitrogens with two attached hydrogens (primary N) is 1. The Bertz CT molecular complexity index is 372. The molecule has 3 nitrogen and oxygen atoms in total. The summed E-state index contributed by atoms with van der Waals surface area (Å²) in [5, 5.41) is 0.704. The van der Waals surface area contributed by atoms with Crippen molar-refractivity contribution >= 4 is 23.0 Å². The van der Waals surface area contributed by atoms with E-state index in [-0.39, 0.29) is 5.54 Å². The predicted molar refractivity (Wildman–Crippen MR) is 68.1 cm³/mol. The van der Waals surface area contributed by atoms with Gasteiger partial charge in [-0.05, 0) is 26.0 Å². The van der Waals surface area contributed by atoms with Crippen LogP contribution in [-0.4, -0.2) is 25.3 Å². The smallest absolute Gasteiger partial charge is 0.0795 e. The van der Waals surface area contributed by atoms with E-state index in [0.29, 0.717) is 18.2 Å². The second-order valence-electron chi connectivity index (χ2n) is 4.69. The SMILES string of the molecule is CC1(C)COCCN1c1c(N)cccc1Cl. The number of rotatable bonds is 1. The monoisotopic (exact) mass is 240 g/mol. The van der Waals surface area contributed by atoms with Crippen molar-refractivity contribution in [3.63, 3.8) is 0 Å². The molecule has 1 saturated heterocycles. The van der Waals surface area contributed by atoms with E-state index in [2.05, 4.69) is 18.7 Å². The molecule has 16 heavy (non-hydrogen) atoms. The molecule has 88 valence electrons. The standard InChI is InChI=1S/C12H17ClN2O/c1-12(2)8-16-7-6-15(12)11-9(13)4-3-5-10(11)14/h3-5H,6-8,14H2,1-2H3. The van der Waals surface area contributed by atoms with Gasteiger partial charge in [-0.15, -0.1) is 0 Å². The first-order chi connectivity index (χ1) is 7.52. The van der Waals surface area contributed by atoms with E-state index in [9.17, 15) is 0 Å². The number of nitrogen functional groups attached to an aromatic ring is 1. The van der Waals surface area contributed by atoms with Crippen LogP contribution in [-0.2, 0) is 4.74 Å². The van der Waals surface area contributed by atoms with Gasteiger partial charge < -0.3 is 15.4 Å². The summed E-state index contributed by atoms with van der Waals surface area (Å²) in [5.41, 5.74) is 7.59. The number of halogens is 1. The van der Waals surface area contributed by atoms with Crippen molar-refractivity contribution in [3.05, 3.63) is 23.2 Å². The van der Waals surface area contributed by atoms with Crippen LogP contribution in [0.2, 0.25) is 5.02 Å². The predicted octanol–water partition coefficient (Wildman–Crippen LogP) is 2.54. The maximum Gasteiger partial charge on any atom is 0.0795 e. The number of morpholine rings is 1. The van der Waals surface area contributed by atoms with Gasteiger partial charge in [0, 0.05) is 6.54 Å². The summed E-state index contributed by atoms with van der Waals surface area (Å²) in [6.07, 6.45) is 0. The Hall–Kier alpha value is -0.930. The van der Waals surface area contributed by atoms with Gasteiger partial charge in [0.15, 0.2) is 0 Å². The van der Waals surface area contributed by atoms with E-state index < -0.39 is 0 Å². The molecular weight excluding hydrogens is 224 g/mol. The Kier molecular flexibility index (Phi) is 3.00. The lowest BCUT2D eigenvalue weighted by atomic mass is 10.0. The number of nitrogens with zero attached hydrogens (tertiary/aromatic N) is 1. The molecular formula is C12H17ClN2O. The highest BCUT2D eigenvalue weighted by atomic mass is 35.5. The lowest BCUT2D eigenvalue weighted by molar-refractivity contribution is 0.0645. The van der Waals surface area contributed by atoms with Crippen LogP contribution >= 0.6 is 11.6 Å². The molecule has 4 heteroatoms. The molecule has 0 radical (unpaired) electrons. The minimum atomic E-state index is -0.0721. The molecule has 0 atom stereocenters. The summed E-state index contributed by atoms with van der Waals surface area (Å²) in [7, 11) is 0. The Labute approximate surface area is 101 Å². The molecule has 0 saturated carbocycles. The third kappa shape index (κ3) is 1.97. The van der Waals surface area contributed by atoms with E-state index in [1.807, 2.05) is 18.2 Å². The maximum atomic E-state index is 6.23. The molecule has 2 rings (SSSR count). The minimum absolute atomic E-state index is 0.0721. The van der Waals surface area contributed by atoms with Gasteiger partial charge in [-0.1, -0.05) is 17.7 Å². The van der Waals surface area contributed by atoms with Crippen LogP contribution in [0, 0.1) is 0 Å². The van der Waals surface area contributed by atoms with Crippen molar-refractivity contribution < 1.29 is 4.74 Å². The van der Waals surface area contributed by atoms with E-state index in [1.165, 1.54) is 0 Å². The lowest BCUT2D eigenvalue weighted by Gasteiger charge is -2.44. The van der Waals surface area contributed by atoms with Gasteiger partial charge in [-0.25, -0.2) is 0 Å². The molecule has 1 aromatic rings. The van der Waals surface area contributed by atoms with Crippen molar-refractivity contribution in [2.45, 2.75) is 19.4 Å². The van der Waals surface area contributed by atoms with E-state index in [4.69, 9.17) is 22.1 Å². The molecule has 0 aliphatic carbocycles. The molecule has 1 aliphatic rings. The van der Waals surface area contributed by atoms with Gasteiger partial charge >= 0.3 is 0 Å². The molecule has 1 aliphatic heterocycles. The normalized spacial score (nSPS) is 19.8. The highest BCUT2D eigenvalue weighted by Crippen LogP contribution is 2.37.